The van der Waals surface area contributed by atoms with E-state index in [4.69, 9.17) is 5.41 Å². The normalized spacial score (nSPS) is 14.9. The van der Waals surface area contributed by atoms with Crippen molar-refractivity contribution in [3.63, 3.8) is 0 Å². The largest absolute Gasteiger partial charge is 0.433 e. The van der Waals surface area contributed by atoms with E-state index in [1.54, 1.807) is 18.2 Å². The minimum absolute atomic E-state index is 0.0168. The zero-order valence-corrected chi connectivity index (χ0v) is 16.2. The van der Waals surface area contributed by atoms with Crippen LogP contribution in [0.5, 0.6) is 0 Å². The second kappa shape index (κ2) is 8.17. The molecule has 0 radical (unpaired) electrons. The number of aromatic nitrogens is 2. The molecule has 0 spiro atoms. The Morgan fingerprint density at radius 3 is 2.65 bits per heavy atom. The van der Waals surface area contributed by atoms with Crippen molar-refractivity contribution in [2.45, 2.75) is 25.4 Å². The van der Waals surface area contributed by atoms with Gasteiger partial charge in [0, 0.05) is 23.0 Å². The van der Waals surface area contributed by atoms with E-state index < -0.39 is 11.9 Å². The molecule has 0 unspecified atom stereocenters. The van der Waals surface area contributed by atoms with Crippen LogP contribution in [0.3, 0.4) is 0 Å². The highest BCUT2D eigenvalue weighted by atomic mass is 19.4. The summed E-state index contributed by atoms with van der Waals surface area (Å²) in [5.74, 6) is 0.0168. The second-order valence-corrected chi connectivity index (χ2v) is 7.08. The summed E-state index contributed by atoms with van der Waals surface area (Å²) in [7, 11) is 0. The van der Waals surface area contributed by atoms with Crippen LogP contribution in [-0.2, 0) is 12.6 Å². The first-order chi connectivity index (χ1) is 14.9. The van der Waals surface area contributed by atoms with Crippen LogP contribution in [0.25, 0.3) is 11.3 Å². The molecule has 0 atom stereocenters. The number of anilines is 2. The maximum Gasteiger partial charge on any atom is 0.433 e. The molecule has 158 valence electrons. The maximum atomic E-state index is 13.0. The Kier molecular flexibility index (Phi) is 5.41. The molecule has 1 aliphatic rings. The zero-order valence-electron chi connectivity index (χ0n) is 16.2. The van der Waals surface area contributed by atoms with E-state index in [2.05, 4.69) is 20.4 Å². The first kappa shape index (κ1) is 20.5. The molecule has 9 heteroatoms. The van der Waals surface area contributed by atoms with Crippen LogP contribution >= 0.6 is 0 Å². The van der Waals surface area contributed by atoms with Crippen molar-refractivity contribution in [1.29, 1.82) is 5.41 Å². The minimum Gasteiger partial charge on any atom is -0.411 e. The Bertz CT molecular complexity index is 1170. The third-order valence-electron chi connectivity index (χ3n) is 5.04. The molecule has 0 saturated carbocycles. The molecule has 31 heavy (non-hydrogen) atoms. The summed E-state index contributed by atoms with van der Waals surface area (Å²) in [4.78, 5) is 8.27. The number of oxime groups is 1. The predicted molar refractivity (Wildman–Crippen MR) is 111 cm³/mol. The molecule has 0 aliphatic heterocycles. The lowest BCUT2D eigenvalue weighted by molar-refractivity contribution is -0.141. The van der Waals surface area contributed by atoms with Crippen LogP contribution in [-0.4, -0.2) is 27.1 Å². The summed E-state index contributed by atoms with van der Waals surface area (Å²) in [5, 5.41) is 23.1. The third kappa shape index (κ3) is 4.25. The molecule has 0 fully saturated rings. The quantitative estimate of drug-likeness (QED) is 0.296. The average Bonchev–Trinajstić information content (AvgIpc) is 2.78. The summed E-state index contributed by atoms with van der Waals surface area (Å²) in [5.41, 5.74) is 3.42. The van der Waals surface area contributed by atoms with Gasteiger partial charge in [-0.2, -0.15) is 13.2 Å². The third-order valence-corrected chi connectivity index (χ3v) is 5.04. The molecule has 2 aromatic heterocycles. The highest BCUT2D eigenvalue weighted by Crippen LogP contribution is 2.31. The zero-order chi connectivity index (χ0) is 22.0. The van der Waals surface area contributed by atoms with E-state index in [1.165, 1.54) is 12.1 Å². The van der Waals surface area contributed by atoms with Gasteiger partial charge in [-0.15, -0.1) is 0 Å². The number of nitrogens with one attached hydrogen (secondary N) is 2. The van der Waals surface area contributed by atoms with Gasteiger partial charge in [0.15, 0.2) is 0 Å². The number of rotatable bonds is 4. The lowest BCUT2D eigenvalue weighted by atomic mass is 9.93. The topological polar surface area (TPSA) is 94.2 Å². The van der Waals surface area contributed by atoms with Gasteiger partial charge in [0.2, 0.25) is 0 Å². The van der Waals surface area contributed by atoms with Crippen LogP contribution in [0.15, 0.2) is 53.7 Å². The van der Waals surface area contributed by atoms with E-state index in [1.807, 2.05) is 12.1 Å². The van der Waals surface area contributed by atoms with Gasteiger partial charge < -0.3 is 15.9 Å². The van der Waals surface area contributed by atoms with Crippen molar-refractivity contribution in [3.8, 4) is 11.3 Å². The molecule has 2 heterocycles. The lowest BCUT2D eigenvalue weighted by Gasteiger charge is -2.17. The Hall–Kier alpha value is -3.75. The van der Waals surface area contributed by atoms with Crippen molar-refractivity contribution >= 4 is 23.4 Å². The molecule has 3 N–H and O–H groups in total. The summed E-state index contributed by atoms with van der Waals surface area (Å²) in [6.07, 6.45) is -1.07. The molecule has 0 bridgehead atoms. The van der Waals surface area contributed by atoms with Crippen molar-refractivity contribution in [2.75, 3.05) is 5.32 Å². The maximum absolute atomic E-state index is 13.0. The van der Waals surface area contributed by atoms with E-state index in [0.717, 1.165) is 30.7 Å². The van der Waals surface area contributed by atoms with Gasteiger partial charge in [0.25, 0.3) is 0 Å². The van der Waals surface area contributed by atoms with Crippen LogP contribution in [0.2, 0.25) is 0 Å². The highest BCUT2D eigenvalue weighted by Gasteiger charge is 2.32. The SMILES string of the molecule is N=Cc1ccc(-c2ccc3c(n2)/C(=N/O)CCC3)cc1Nc1cccc(C(F)(F)F)n1. The van der Waals surface area contributed by atoms with Crippen molar-refractivity contribution < 1.29 is 18.4 Å². The average molecular weight is 425 g/mol. The number of halogens is 3. The Balaban J connectivity index is 1.72. The molecule has 0 amide bonds. The standard InChI is InChI=1S/C22H18F3N5O/c23-22(24,25)19-5-2-6-20(29-19)27-18-11-14(7-8-15(18)12-26)16-10-9-13-3-1-4-17(30-31)21(13)28-16/h2,5-12,26,31H,1,3-4H2,(H,27,29)/b26-12?,30-17+. The molecular formula is C22H18F3N5O. The summed E-state index contributed by atoms with van der Waals surface area (Å²) >= 11 is 0. The molecule has 6 nitrogen and oxygen atoms in total. The lowest BCUT2D eigenvalue weighted by Crippen LogP contribution is -2.14. The van der Waals surface area contributed by atoms with E-state index in [0.29, 0.717) is 40.3 Å². The van der Waals surface area contributed by atoms with Crippen molar-refractivity contribution in [3.05, 3.63) is 71.0 Å². The number of benzene rings is 1. The summed E-state index contributed by atoms with van der Waals surface area (Å²) in [6.45, 7) is 0. The van der Waals surface area contributed by atoms with Gasteiger partial charge in [0.1, 0.15) is 17.2 Å². The second-order valence-electron chi connectivity index (χ2n) is 7.08. The smallest absolute Gasteiger partial charge is 0.411 e. The first-order valence-corrected chi connectivity index (χ1v) is 9.56. The summed E-state index contributed by atoms with van der Waals surface area (Å²) < 4.78 is 38.9. The first-order valence-electron chi connectivity index (χ1n) is 9.56. The van der Waals surface area contributed by atoms with E-state index in [-0.39, 0.29) is 5.82 Å². The number of alkyl halides is 3. The molecular weight excluding hydrogens is 407 g/mol. The number of fused-ring (bicyclic) bond motifs is 1. The van der Waals surface area contributed by atoms with Gasteiger partial charge in [0.05, 0.1) is 11.4 Å². The fraction of sp³-hybridized carbons (Fsp3) is 0.182. The Morgan fingerprint density at radius 2 is 1.90 bits per heavy atom. The van der Waals surface area contributed by atoms with Gasteiger partial charge in [-0.3, -0.25) is 0 Å². The molecule has 1 aromatic carbocycles. The number of hydrogen-bond donors (Lipinski definition) is 3. The minimum atomic E-state index is -4.55. The van der Waals surface area contributed by atoms with Gasteiger partial charge in [-0.25, -0.2) is 9.97 Å². The van der Waals surface area contributed by atoms with Crippen LogP contribution in [0.4, 0.5) is 24.7 Å². The van der Waals surface area contributed by atoms with Crippen LogP contribution in [0.1, 0.15) is 35.4 Å². The molecule has 3 aromatic rings. The van der Waals surface area contributed by atoms with E-state index >= 15 is 0 Å². The van der Waals surface area contributed by atoms with Crippen LogP contribution < -0.4 is 5.32 Å². The number of hydrogen-bond acceptors (Lipinski definition) is 6. The number of nitrogens with zero attached hydrogens (tertiary/aromatic N) is 3. The predicted octanol–water partition coefficient (Wildman–Crippen LogP) is 5.42. The van der Waals surface area contributed by atoms with Crippen LogP contribution in [0, 0.1) is 5.41 Å². The van der Waals surface area contributed by atoms with Gasteiger partial charge in [-0.1, -0.05) is 29.4 Å². The van der Waals surface area contributed by atoms with E-state index in [9.17, 15) is 18.4 Å². The summed E-state index contributed by atoms with van der Waals surface area (Å²) in [6, 6.07) is 12.5. The number of pyridine rings is 2. The van der Waals surface area contributed by atoms with Gasteiger partial charge >= 0.3 is 6.18 Å². The highest BCUT2D eigenvalue weighted by molar-refractivity contribution is 6.01. The van der Waals surface area contributed by atoms with Crippen molar-refractivity contribution in [1.82, 2.24) is 9.97 Å². The number of aryl methyl sites for hydroxylation is 1. The Morgan fingerprint density at radius 1 is 1.06 bits per heavy atom. The Labute approximate surface area is 176 Å². The molecule has 0 saturated heterocycles. The fourth-order valence-corrected chi connectivity index (χ4v) is 3.51. The van der Waals surface area contributed by atoms with Crippen molar-refractivity contribution in [2.24, 2.45) is 5.16 Å². The monoisotopic (exact) mass is 425 g/mol. The molecule has 1 aliphatic carbocycles. The fourth-order valence-electron chi connectivity index (χ4n) is 3.51. The van der Waals surface area contributed by atoms with Gasteiger partial charge in [-0.05, 0) is 49.1 Å². The molecule has 4 rings (SSSR count).